The monoisotopic (exact) mass is 483 g/mol. The highest BCUT2D eigenvalue weighted by Crippen LogP contribution is 2.36. The molecule has 10 heteroatoms. The number of carboxylic acids is 1. The molecule has 2 aromatic rings. The Labute approximate surface area is 199 Å². The number of benzene rings is 2. The molecule has 1 amide bonds. The van der Waals surface area contributed by atoms with Crippen LogP contribution in [0.15, 0.2) is 60.7 Å². The highest BCUT2D eigenvalue weighted by Gasteiger charge is 2.50. The topological polar surface area (TPSA) is 138 Å². The number of rotatable bonds is 10. The van der Waals surface area contributed by atoms with Crippen LogP contribution in [-0.2, 0) is 18.8 Å². The molecule has 2 N–H and O–H groups in total. The SMILES string of the molecule is COC(=O)N[C@H](CO[Si](c1ccccc1)(c1ccccc1)C(C)(C)C)CC(=O)C(=[N+]=[N-])C(=O)O. The Kier molecular flexibility index (Phi) is 9.02. The van der Waals surface area contributed by atoms with Crippen molar-refractivity contribution in [2.75, 3.05) is 13.7 Å². The van der Waals surface area contributed by atoms with Crippen molar-refractivity contribution in [3.05, 3.63) is 66.2 Å². The summed E-state index contributed by atoms with van der Waals surface area (Å²) < 4.78 is 11.4. The van der Waals surface area contributed by atoms with Gasteiger partial charge in [0.15, 0.2) is 0 Å². The highest BCUT2D eigenvalue weighted by atomic mass is 28.4. The van der Waals surface area contributed by atoms with Crippen molar-refractivity contribution in [1.29, 1.82) is 0 Å². The second-order valence-corrected chi connectivity index (χ2v) is 13.0. The summed E-state index contributed by atoms with van der Waals surface area (Å²) in [5.74, 6) is -2.63. The van der Waals surface area contributed by atoms with Crippen LogP contribution in [0.2, 0.25) is 5.04 Å². The van der Waals surface area contributed by atoms with Crippen LogP contribution in [0.4, 0.5) is 4.79 Å². The third kappa shape index (κ3) is 6.05. The lowest BCUT2D eigenvalue weighted by Crippen LogP contribution is -2.67. The zero-order chi connectivity index (χ0) is 25.4. The highest BCUT2D eigenvalue weighted by molar-refractivity contribution is 6.99. The number of alkyl carbamates (subject to hydrolysis) is 1. The van der Waals surface area contributed by atoms with Gasteiger partial charge in [0.25, 0.3) is 14.1 Å². The fourth-order valence-corrected chi connectivity index (χ4v) is 8.51. The van der Waals surface area contributed by atoms with Gasteiger partial charge in [-0.15, -0.1) is 0 Å². The minimum Gasteiger partial charge on any atom is -0.472 e. The third-order valence-corrected chi connectivity index (χ3v) is 10.4. The number of carbonyl (C=O) groups is 3. The molecule has 180 valence electrons. The normalized spacial score (nSPS) is 12.2. The molecular weight excluding hydrogens is 454 g/mol. The molecule has 0 aromatic heterocycles. The van der Waals surface area contributed by atoms with E-state index in [0.717, 1.165) is 10.4 Å². The molecule has 2 rings (SSSR count). The number of hydrogen-bond acceptors (Lipinski definition) is 5. The van der Waals surface area contributed by atoms with Crippen LogP contribution in [0.5, 0.6) is 0 Å². The van der Waals surface area contributed by atoms with E-state index in [2.05, 4.69) is 35.6 Å². The van der Waals surface area contributed by atoms with Crippen molar-refractivity contribution in [1.82, 2.24) is 5.32 Å². The molecule has 0 saturated heterocycles. The first-order valence-corrected chi connectivity index (χ1v) is 12.6. The largest absolute Gasteiger partial charge is 0.472 e. The lowest BCUT2D eigenvalue weighted by atomic mass is 10.1. The Hall–Kier alpha value is -3.59. The minimum absolute atomic E-state index is 0.105. The number of ether oxygens (including phenoxy) is 1. The Bertz CT molecular complexity index is 1020. The zero-order valence-corrected chi connectivity index (χ0v) is 20.6. The number of nitrogens with zero attached hydrogens (tertiary/aromatic N) is 2. The molecule has 0 spiro atoms. The molecule has 0 unspecified atom stereocenters. The maximum Gasteiger partial charge on any atom is 0.441 e. The minimum atomic E-state index is -2.98. The molecule has 0 aliphatic heterocycles. The smallest absolute Gasteiger partial charge is 0.441 e. The van der Waals surface area contributed by atoms with Crippen molar-refractivity contribution >= 4 is 42.2 Å². The number of nitrogens with one attached hydrogen (secondary N) is 1. The molecule has 2 aromatic carbocycles. The van der Waals surface area contributed by atoms with E-state index in [-0.39, 0.29) is 11.6 Å². The lowest BCUT2D eigenvalue weighted by Gasteiger charge is -2.43. The molecule has 0 saturated carbocycles. The van der Waals surface area contributed by atoms with Gasteiger partial charge in [-0.25, -0.2) is 9.59 Å². The summed E-state index contributed by atoms with van der Waals surface area (Å²) in [5, 5.41) is 13.3. The first-order chi connectivity index (χ1) is 16.1. The van der Waals surface area contributed by atoms with Crippen molar-refractivity contribution < 1.29 is 33.4 Å². The van der Waals surface area contributed by atoms with Crippen molar-refractivity contribution in [2.45, 2.75) is 38.3 Å². The van der Waals surface area contributed by atoms with Gasteiger partial charge in [-0.1, -0.05) is 81.4 Å². The van der Waals surface area contributed by atoms with Gasteiger partial charge in [0.2, 0.25) is 0 Å². The summed E-state index contributed by atoms with van der Waals surface area (Å²) in [6, 6.07) is 18.6. The van der Waals surface area contributed by atoms with Crippen molar-refractivity contribution in [3.63, 3.8) is 0 Å². The van der Waals surface area contributed by atoms with E-state index in [1.54, 1.807) is 0 Å². The Morgan fingerprint density at radius 1 is 1.03 bits per heavy atom. The third-order valence-electron chi connectivity index (χ3n) is 5.42. The standard InChI is InChI=1S/C24H29N3O6Si/c1-24(2,3)34(18-11-7-5-8-12-18,19-13-9-6-10-14-19)33-16-17(26-23(31)32-4)15-20(28)21(27-25)22(29)30/h5-14,17H,15-16H2,1-4H3,(H,26,31)(H,29,30)/t17-/m0/s1. The van der Waals surface area contributed by atoms with Crippen LogP contribution in [0, 0.1) is 0 Å². The number of carboxylic acid groups (broad SMARTS) is 1. The number of methoxy groups -OCH3 is 1. The van der Waals surface area contributed by atoms with Gasteiger partial charge in [-0.3, -0.25) is 4.79 Å². The molecule has 0 aliphatic rings. The van der Waals surface area contributed by atoms with Crippen LogP contribution in [0.1, 0.15) is 27.2 Å². The van der Waals surface area contributed by atoms with Crippen molar-refractivity contribution in [2.24, 2.45) is 0 Å². The number of ketones is 1. The van der Waals surface area contributed by atoms with Crippen LogP contribution < -0.4 is 15.7 Å². The second kappa shape index (κ2) is 11.5. The zero-order valence-electron chi connectivity index (χ0n) is 19.6. The van der Waals surface area contributed by atoms with Gasteiger partial charge < -0.3 is 25.1 Å². The van der Waals surface area contributed by atoms with E-state index >= 15 is 0 Å². The predicted octanol–water partition coefficient (Wildman–Crippen LogP) is 2.00. The van der Waals surface area contributed by atoms with Crippen LogP contribution in [0.3, 0.4) is 0 Å². The maximum absolute atomic E-state index is 12.4. The molecule has 34 heavy (non-hydrogen) atoms. The Balaban J connectivity index is 2.51. The number of Topliss-reactive ketones (excluding diaryl/α,β-unsaturated/α-hetero) is 1. The van der Waals surface area contributed by atoms with Crippen LogP contribution >= 0.6 is 0 Å². The fourth-order valence-electron chi connectivity index (χ4n) is 3.90. The van der Waals surface area contributed by atoms with Crippen LogP contribution in [0.25, 0.3) is 5.53 Å². The van der Waals surface area contributed by atoms with E-state index in [1.165, 1.54) is 7.11 Å². The average Bonchev–Trinajstić information content (AvgIpc) is 2.80. The van der Waals surface area contributed by atoms with Gasteiger partial charge in [0.1, 0.15) is 0 Å². The summed E-state index contributed by atoms with van der Waals surface area (Å²) in [6.45, 7) is 6.13. The summed E-state index contributed by atoms with van der Waals surface area (Å²) >= 11 is 0. The molecule has 0 radical (unpaired) electrons. The molecule has 0 fully saturated rings. The summed E-state index contributed by atoms with van der Waals surface area (Å²) in [6.07, 6.45) is -1.26. The summed E-state index contributed by atoms with van der Waals surface area (Å²) in [4.78, 5) is 38.2. The average molecular weight is 484 g/mol. The number of aliphatic carboxylic acids is 1. The molecule has 0 heterocycles. The maximum atomic E-state index is 12.4. The number of carbonyl (C=O) groups excluding carboxylic acids is 2. The van der Waals surface area contributed by atoms with Gasteiger partial charge in [0.05, 0.1) is 19.8 Å². The molecule has 1 atom stereocenters. The van der Waals surface area contributed by atoms with Gasteiger partial charge in [0, 0.05) is 6.42 Å². The fraction of sp³-hybridized carbons (Fsp3) is 0.333. The van der Waals surface area contributed by atoms with Crippen molar-refractivity contribution in [3.8, 4) is 0 Å². The number of hydrogen-bond donors (Lipinski definition) is 2. The van der Waals surface area contributed by atoms with Gasteiger partial charge in [-0.05, 0) is 15.4 Å². The van der Waals surface area contributed by atoms with Gasteiger partial charge in [-0.2, -0.15) is 4.79 Å². The van der Waals surface area contributed by atoms with Gasteiger partial charge >= 0.3 is 17.8 Å². The molecule has 0 bridgehead atoms. The quantitative estimate of drug-likeness (QED) is 0.174. The van der Waals surface area contributed by atoms with Crippen LogP contribution in [-0.4, -0.2) is 61.5 Å². The molecule has 0 aliphatic carbocycles. The van der Waals surface area contributed by atoms with E-state index in [4.69, 9.17) is 15.1 Å². The summed E-state index contributed by atoms with van der Waals surface area (Å²) in [7, 11) is -1.81. The Morgan fingerprint density at radius 2 is 1.53 bits per heavy atom. The predicted molar refractivity (Wildman–Crippen MR) is 129 cm³/mol. The first-order valence-electron chi connectivity index (χ1n) is 10.6. The van der Waals surface area contributed by atoms with E-state index < -0.39 is 44.3 Å². The molecular formula is C24H29N3O6Si. The first kappa shape index (κ1) is 26.7. The van der Waals surface area contributed by atoms with E-state index in [1.807, 2.05) is 60.7 Å². The number of amides is 1. The van der Waals surface area contributed by atoms with E-state index in [9.17, 15) is 14.4 Å². The summed E-state index contributed by atoms with van der Waals surface area (Å²) in [5.41, 5.74) is 7.90. The lowest BCUT2D eigenvalue weighted by molar-refractivity contribution is -0.136. The van der Waals surface area contributed by atoms with E-state index in [0.29, 0.717) is 0 Å². The second-order valence-electron chi connectivity index (χ2n) is 8.69. The molecule has 9 nitrogen and oxygen atoms in total. The Morgan fingerprint density at radius 3 is 1.91 bits per heavy atom.